The van der Waals surface area contributed by atoms with E-state index in [4.69, 9.17) is 63.3 Å². The van der Waals surface area contributed by atoms with Crippen LogP contribution in [0.25, 0.3) is 0 Å². The third-order valence-corrected chi connectivity index (χ3v) is 11.7. The first kappa shape index (κ1) is 51.2. The lowest BCUT2D eigenvalue weighted by atomic mass is 9.94. The molecule has 374 valence electrons. The van der Waals surface area contributed by atoms with E-state index in [-0.39, 0.29) is 66.1 Å². The van der Waals surface area contributed by atoms with Crippen LogP contribution < -0.4 is 56.8 Å². The van der Waals surface area contributed by atoms with E-state index in [1.807, 2.05) is 36.4 Å². The summed E-state index contributed by atoms with van der Waals surface area (Å²) in [7, 11) is 7.94. The van der Waals surface area contributed by atoms with E-state index in [1.54, 1.807) is 90.1 Å². The highest BCUT2D eigenvalue weighted by atomic mass is 16.6. The van der Waals surface area contributed by atoms with Gasteiger partial charge < -0.3 is 72.2 Å². The van der Waals surface area contributed by atoms with Crippen LogP contribution in [-0.4, -0.2) is 97.1 Å². The minimum atomic E-state index is -0.153. The van der Waals surface area contributed by atoms with Crippen LogP contribution >= 0.6 is 0 Å². The van der Waals surface area contributed by atoms with Gasteiger partial charge in [0.1, 0.15) is 46.2 Å². The molecule has 0 aliphatic heterocycles. The van der Waals surface area contributed by atoms with Crippen LogP contribution in [0.2, 0.25) is 0 Å². The van der Waals surface area contributed by atoms with Gasteiger partial charge in [0.15, 0.2) is 69.0 Å². The molecule has 1 aliphatic rings. The normalized spacial score (nSPS) is 11.5. The van der Waals surface area contributed by atoms with E-state index in [9.17, 15) is 15.3 Å². The molecule has 0 fully saturated rings. The molecule has 6 aromatic rings. The summed E-state index contributed by atoms with van der Waals surface area (Å²) >= 11 is 0. The zero-order valence-corrected chi connectivity index (χ0v) is 40.7. The molecular weight excluding hydrogens is 913 g/mol. The van der Waals surface area contributed by atoms with Crippen LogP contribution in [-0.2, 0) is 39.1 Å². The zero-order valence-electron chi connectivity index (χ0n) is 40.7. The molecule has 0 radical (unpaired) electrons. The Morgan fingerprint density at radius 2 is 0.577 bits per heavy atom. The van der Waals surface area contributed by atoms with Gasteiger partial charge in [0, 0.05) is 0 Å². The maximum atomic E-state index is 9.66. The summed E-state index contributed by atoms with van der Waals surface area (Å²) in [5.74, 6) is 8.73. The summed E-state index contributed by atoms with van der Waals surface area (Å²) in [5, 5.41) is 28.8. The van der Waals surface area contributed by atoms with E-state index in [0.717, 1.165) is 33.4 Å². The second kappa shape index (κ2) is 25.3. The molecule has 0 amide bonds. The fraction of sp³-hybridized carbons (Fsp3) is 0.321. The summed E-state index contributed by atoms with van der Waals surface area (Å²) in [5.41, 5.74) is 8.13. The van der Waals surface area contributed by atoms with E-state index < -0.39 is 0 Å². The van der Waals surface area contributed by atoms with Crippen molar-refractivity contribution in [1.29, 1.82) is 0 Å². The number of aliphatic hydroxyl groups excluding tert-OH is 3. The summed E-state index contributed by atoms with van der Waals surface area (Å²) in [6, 6.07) is 27.8. The monoisotopic (exact) mass is 972 g/mol. The number of rotatable bonds is 25. The van der Waals surface area contributed by atoms with E-state index >= 15 is 0 Å². The number of ether oxygens (including phenoxy) is 12. The molecule has 0 spiro atoms. The van der Waals surface area contributed by atoms with E-state index in [1.165, 1.54) is 0 Å². The predicted octanol–water partition coefficient (Wildman–Crippen LogP) is 7.68. The molecule has 3 N–H and O–H groups in total. The standard InChI is InChI=1S/C56H60O15/c1-7-14-65-53-23-38(35-59)10-13-47(53)68-17-20-71-56-32-44-26-40-28-51(63-5)54(69-18-15-66-45-11-8-36(33-57)21-48(45)60-2)30-42(40)24-39-27-50(62-4)55(31-43(39)25-41(44)29-52(56)64-6)70-19-16-67-46-12-9-37(34-58)22-49(46)61-3/h1,8-13,21-23,27-32,57-59H,14-20,24-26,33-35H2,2-6H3. The zero-order chi connectivity index (χ0) is 50.1. The van der Waals surface area contributed by atoms with Gasteiger partial charge in [0.2, 0.25) is 0 Å². The van der Waals surface area contributed by atoms with Crippen molar-refractivity contribution in [3.05, 3.63) is 141 Å². The maximum absolute atomic E-state index is 9.66. The second-order valence-electron chi connectivity index (χ2n) is 16.2. The molecule has 71 heavy (non-hydrogen) atoms. The lowest BCUT2D eigenvalue weighted by Gasteiger charge is -2.19. The Kier molecular flexibility index (Phi) is 18.2. The van der Waals surface area contributed by atoms with E-state index in [2.05, 4.69) is 5.92 Å². The maximum Gasteiger partial charge on any atom is 0.163 e. The molecule has 0 bridgehead atoms. The van der Waals surface area contributed by atoms with Crippen LogP contribution in [0.15, 0.2) is 91.0 Å². The lowest BCUT2D eigenvalue weighted by Crippen LogP contribution is -2.11. The highest BCUT2D eigenvalue weighted by molar-refractivity contribution is 5.58. The molecule has 0 unspecified atom stereocenters. The smallest absolute Gasteiger partial charge is 0.163 e. The molecular formula is C56H60O15. The molecule has 0 heterocycles. The Balaban J connectivity index is 1.18. The Bertz CT molecular complexity index is 2710. The number of hydrogen-bond acceptors (Lipinski definition) is 15. The summed E-state index contributed by atoms with van der Waals surface area (Å²) in [6.07, 6.45) is 7.01. The van der Waals surface area contributed by atoms with Crippen LogP contribution in [0.4, 0.5) is 0 Å². The van der Waals surface area contributed by atoms with Gasteiger partial charge in [-0.3, -0.25) is 0 Å². The largest absolute Gasteiger partial charge is 0.493 e. The first-order valence-electron chi connectivity index (χ1n) is 23.0. The topological polar surface area (TPSA) is 171 Å². The van der Waals surface area contributed by atoms with E-state index in [0.29, 0.717) is 105 Å². The number of fused-ring (bicyclic) bond motifs is 3. The Hall–Kier alpha value is -7.64. The van der Waals surface area contributed by atoms with Gasteiger partial charge in [-0.25, -0.2) is 0 Å². The van der Waals surface area contributed by atoms with Crippen molar-refractivity contribution in [2.75, 3.05) is 81.8 Å². The van der Waals surface area contributed by atoms with Crippen molar-refractivity contribution >= 4 is 0 Å². The number of aliphatic hydroxyl groups is 3. The predicted molar refractivity (Wildman–Crippen MR) is 265 cm³/mol. The fourth-order valence-electron chi connectivity index (χ4n) is 8.12. The van der Waals surface area contributed by atoms with Gasteiger partial charge in [0.25, 0.3) is 0 Å². The van der Waals surface area contributed by atoms with Gasteiger partial charge in [0.05, 0.1) is 55.4 Å². The quantitative estimate of drug-likeness (QED) is 0.0376. The molecule has 6 aromatic carbocycles. The molecule has 0 atom stereocenters. The van der Waals surface area contributed by atoms with Crippen LogP contribution in [0.1, 0.15) is 50.1 Å². The van der Waals surface area contributed by atoms with Gasteiger partial charge in [-0.1, -0.05) is 24.1 Å². The average Bonchev–Trinajstić information content (AvgIpc) is 3.46. The first-order chi connectivity index (χ1) is 34.7. The minimum Gasteiger partial charge on any atom is -0.493 e. The fourth-order valence-corrected chi connectivity index (χ4v) is 8.12. The van der Waals surface area contributed by atoms with Crippen LogP contribution in [0.3, 0.4) is 0 Å². The number of benzene rings is 6. The highest BCUT2D eigenvalue weighted by Gasteiger charge is 2.23. The Morgan fingerprint density at radius 3 is 0.859 bits per heavy atom. The first-order valence-corrected chi connectivity index (χ1v) is 23.0. The molecule has 1 aliphatic carbocycles. The number of hydrogen-bond donors (Lipinski definition) is 3. The van der Waals surface area contributed by atoms with Crippen molar-refractivity contribution in [2.24, 2.45) is 0 Å². The number of terminal acetylenes is 1. The third-order valence-electron chi connectivity index (χ3n) is 11.7. The van der Waals surface area contributed by atoms with Crippen molar-refractivity contribution in [1.82, 2.24) is 0 Å². The summed E-state index contributed by atoms with van der Waals surface area (Å²) in [4.78, 5) is 0. The molecule has 7 rings (SSSR count). The van der Waals surface area contributed by atoms with Gasteiger partial charge >= 0.3 is 0 Å². The molecule has 15 nitrogen and oxygen atoms in total. The summed E-state index contributed by atoms with van der Waals surface area (Å²) < 4.78 is 71.7. The van der Waals surface area contributed by atoms with Gasteiger partial charge in [-0.2, -0.15) is 0 Å². The molecule has 15 heteroatoms. The van der Waals surface area contributed by atoms with Crippen molar-refractivity contribution in [2.45, 2.75) is 39.1 Å². The lowest BCUT2D eigenvalue weighted by molar-refractivity contribution is 0.204. The van der Waals surface area contributed by atoms with Gasteiger partial charge in [-0.15, -0.1) is 6.42 Å². The minimum absolute atomic E-state index is 0.0466. The SMILES string of the molecule is C#CCOc1cc(CO)ccc1OCCOc1cc2c(cc1OC)Cc1cc(OCCOc3ccc(CO)cc3OC)c(OC)cc1Cc1cc(OCCOc3ccc(CO)cc3OC)c(OC)cc1C2. The van der Waals surface area contributed by atoms with Crippen LogP contribution in [0, 0.1) is 12.3 Å². The molecule has 0 saturated carbocycles. The van der Waals surface area contributed by atoms with Gasteiger partial charge in [-0.05, 0) is 142 Å². The highest BCUT2D eigenvalue weighted by Crippen LogP contribution is 2.41. The molecule has 0 saturated heterocycles. The van der Waals surface area contributed by atoms with Crippen molar-refractivity contribution in [3.63, 3.8) is 0 Å². The third kappa shape index (κ3) is 13.0. The number of methoxy groups -OCH3 is 5. The average molecular weight is 973 g/mol. The second-order valence-corrected chi connectivity index (χ2v) is 16.2. The van der Waals surface area contributed by atoms with Crippen molar-refractivity contribution < 1.29 is 72.2 Å². The van der Waals surface area contributed by atoms with Crippen molar-refractivity contribution in [3.8, 4) is 81.3 Å². The Labute approximate surface area is 414 Å². The summed E-state index contributed by atoms with van der Waals surface area (Å²) in [6.45, 7) is 0.858. The molecule has 0 aromatic heterocycles. The van der Waals surface area contributed by atoms with Crippen LogP contribution in [0.5, 0.6) is 69.0 Å². The Morgan fingerprint density at radius 1 is 0.338 bits per heavy atom.